The van der Waals surface area contributed by atoms with Crippen molar-refractivity contribution in [3.05, 3.63) is 84.4 Å². The lowest BCUT2D eigenvalue weighted by Crippen LogP contribution is -2.06. The van der Waals surface area contributed by atoms with Gasteiger partial charge in [-0.05, 0) is 29.3 Å². The third kappa shape index (κ3) is 4.31. The van der Waals surface area contributed by atoms with Crippen molar-refractivity contribution < 1.29 is 9.53 Å². The van der Waals surface area contributed by atoms with Crippen LogP contribution in [0.25, 0.3) is 11.1 Å². The summed E-state index contributed by atoms with van der Waals surface area (Å²) in [7, 11) is 0. The Balaban J connectivity index is 1.57. The quantitative estimate of drug-likeness (QED) is 0.533. The molecule has 0 aliphatic heterocycles. The molecule has 1 heterocycles. The van der Waals surface area contributed by atoms with E-state index in [-0.39, 0.29) is 5.91 Å². The molecule has 2 aromatic carbocycles. The second-order valence-electron chi connectivity index (χ2n) is 4.79. The van der Waals surface area contributed by atoms with E-state index < -0.39 is 0 Å². The lowest BCUT2D eigenvalue weighted by atomic mass is 10.1. The van der Waals surface area contributed by atoms with Gasteiger partial charge in [-0.2, -0.15) is 0 Å². The van der Waals surface area contributed by atoms with Crippen LogP contribution >= 0.6 is 11.3 Å². The SMILES string of the molecule is O=C(C=COc1ccccc1)Nc1cc(-c2ccccc2)cs1. The van der Waals surface area contributed by atoms with Crippen LogP contribution in [0.1, 0.15) is 0 Å². The van der Waals surface area contributed by atoms with Crippen molar-refractivity contribution >= 4 is 22.2 Å². The number of carbonyl (C=O) groups is 1. The number of nitrogens with one attached hydrogen (secondary N) is 1. The van der Waals surface area contributed by atoms with Crippen LogP contribution in [-0.2, 0) is 4.79 Å². The van der Waals surface area contributed by atoms with Gasteiger partial charge in [0.15, 0.2) is 0 Å². The molecule has 3 nitrogen and oxygen atoms in total. The molecule has 23 heavy (non-hydrogen) atoms. The molecule has 0 aliphatic carbocycles. The second kappa shape index (κ2) is 7.42. The summed E-state index contributed by atoms with van der Waals surface area (Å²) in [5, 5.41) is 5.66. The fourth-order valence-corrected chi connectivity index (χ4v) is 2.83. The summed E-state index contributed by atoms with van der Waals surface area (Å²) in [6.45, 7) is 0. The molecule has 4 heteroatoms. The fourth-order valence-electron chi connectivity index (χ4n) is 2.02. The van der Waals surface area contributed by atoms with E-state index in [0.29, 0.717) is 5.75 Å². The van der Waals surface area contributed by atoms with Crippen LogP contribution in [0.5, 0.6) is 5.75 Å². The average Bonchev–Trinajstić information content (AvgIpc) is 3.05. The summed E-state index contributed by atoms with van der Waals surface area (Å²) in [4.78, 5) is 11.9. The molecule has 0 fully saturated rings. The number of ether oxygens (including phenoxy) is 1. The van der Waals surface area contributed by atoms with Gasteiger partial charge in [0.25, 0.3) is 5.91 Å². The summed E-state index contributed by atoms with van der Waals surface area (Å²) in [5.41, 5.74) is 2.22. The number of hydrogen-bond donors (Lipinski definition) is 1. The van der Waals surface area contributed by atoms with Gasteiger partial charge in [-0.25, -0.2) is 0 Å². The third-order valence-electron chi connectivity index (χ3n) is 3.12. The Hall–Kier alpha value is -2.85. The molecular weight excluding hydrogens is 306 g/mol. The summed E-state index contributed by atoms with van der Waals surface area (Å²) in [5.74, 6) is 0.474. The van der Waals surface area contributed by atoms with Gasteiger partial charge in [-0.15, -0.1) is 11.3 Å². The standard InChI is InChI=1S/C19H15NO2S/c21-18(11-12-22-17-9-5-2-6-10-17)20-19-13-16(14-23-19)15-7-3-1-4-8-15/h1-14H,(H,20,21). The molecule has 0 spiro atoms. The van der Waals surface area contributed by atoms with Crippen molar-refractivity contribution in [2.45, 2.75) is 0 Å². The van der Waals surface area contributed by atoms with Crippen LogP contribution in [0.15, 0.2) is 84.4 Å². The molecule has 3 aromatic rings. The van der Waals surface area contributed by atoms with E-state index in [1.807, 2.05) is 72.1 Å². The molecule has 1 aromatic heterocycles. The monoisotopic (exact) mass is 321 g/mol. The number of anilines is 1. The van der Waals surface area contributed by atoms with Crippen molar-refractivity contribution in [1.29, 1.82) is 0 Å². The van der Waals surface area contributed by atoms with Crippen LogP contribution < -0.4 is 10.1 Å². The normalized spacial score (nSPS) is 10.6. The van der Waals surface area contributed by atoms with E-state index >= 15 is 0 Å². The summed E-state index contributed by atoms with van der Waals surface area (Å²) in [6, 6.07) is 21.3. The molecule has 0 aliphatic rings. The lowest BCUT2D eigenvalue weighted by Gasteiger charge is -1.99. The minimum atomic E-state index is -0.220. The number of carbonyl (C=O) groups excluding carboxylic acids is 1. The Labute approximate surface area is 138 Å². The Kier molecular flexibility index (Phi) is 4.86. The molecule has 0 saturated heterocycles. The van der Waals surface area contributed by atoms with E-state index in [2.05, 4.69) is 5.32 Å². The average molecular weight is 321 g/mol. The van der Waals surface area contributed by atoms with Gasteiger partial charge in [0, 0.05) is 11.5 Å². The summed E-state index contributed by atoms with van der Waals surface area (Å²) < 4.78 is 5.35. The van der Waals surface area contributed by atoms with Gasteiger partial charge < -0.3 is 10.1 Å². The maximum atomic E-state index is 11.9. The van der Waals surface area contributed by atoms with Crippen LogP contribution in [-0.4, -0.2) is 5.91 Å². The van der Waals surface area contributed by atoms with Gasteiger partial charge in [0.2, 0.25) is 0 Å². The van der Waals surface area contributed by atoms with Gasteiger partial charge >= 0.3 is 0 Å². The zero-order valence-corrected chi connectivity index (χ0v) is 13.1. The first-order chi connectivity index (χ1) is 11.3. The number of hydrogen-bond acceptors (Lipinski definition) is 3. The highest BCUT2D eigenvalue weighted by atomic mass is 32.1. The zero-order chi connectivity index (χ0) is 15.9. The smallest absolute Gasteiger partial charge is 0.252 e. The van der Waals surface area contributed by atoms with Gasteiger partial charge in [-0.3, -0.25) is 4.79 Å². The Bertz CT molecular complexity index is 795. The Morgan fingerprint density at radius 2 is 1.65 bits per heavy atom. The Morgan fingerprint density at radius 3 is 2.39 bits per heavy atom. The van der Waals surface area contributed by atoms with Gasteiger partial charge in [-0.1, -0.05) is 48.5 Å². The second-order valence-corrected chi connectivity index (χ2v) is 5.70. The molecule has 1 N–H and O–H groups in total. The minimum Gasteiger partial charge on any atom is -0.465 e. The van der Waals surface area contributed by atoms with Crippen LogP contribution in [0, 0.1) is 0 Å². The predicted octanol–water partition coefficient (Wildman–Crippen LogP) is 4.95. The molecule has 0 bridgehead atoms. The van der Waals surface area contributed by atoms with Crippen LogP contribution in [0.4, 0.5) is 5.00 Å². The molecule has 0 atom stereocenters. The fraction of sp³-hybridized carbons (Fsp3) is 0. The maximum Gasteiger partial charge on any atom is 0.252 e. The number of rotatable bonds is 5. The van der Waals surface area contributed by atoms with Crippen molar-refractivity contribution in [2.24, 2.45) is 0 Å². The summed E-state index contributed by atoms with van der Waals surface area (Å²) >= 11 is 1.50. The summed E-state index contributed by atoms with van der Waals surface area (Å²) in [6.07, 6.45) is 2.76. The highest BCUT2D eigenvalue weighted by Crippen LogP contribution is 2.28. The van der Waals surface area contributed by atoms with Crippen molar-refractivity contribution in [1.82, 2.24) is 0 Å². The highest BCUT2D eigenvalue weighted by molar-refractivity contribution is 7.14. The lowest BCUT2D eigenvalue weighted by molar-refractivity contribution is -0.111. The van der Waals surface area contributed by atoms with Crippen molar-refractivity contribution in [2.75, 3.05) is 5.32 Å². The number of para-hydroxylation sites is 1. The molecule has 0 radical (unpaired) electrons. The number of benzene rings is 2. The van der Waals surface area contributed by atoms with Gasteiger partial charge in [0.05, 0.1) is 11.3 Å². The van der Waals surface area contributed by atoms with E-state index in [4.69, 9.17) is 4.74 Å². The molecule has 0 unspecified atom stereocenters. The first-order valence-corrected chi connectivity index (χ1v) is 8.02. The van der Waals surface area contributed by atoms with Gasteiger partial charge in [0.1, 0.15) is 5.75 Å². The topological polar surface area (TPSA) is 38.3 Å². The van der Waals surface area contributed by atoms with E-state index in [1.54, 1.807) is 0 Å². The first-order valence-electron chi connectivity index (χ1n) is 7.14. The Morgan fingerprint density at radius 1 is 0.957 bits per heavy atom. The van der Waals surface area contributed by atoms with Crippen molar-refractivity contribution in [3.63, 3.8) is 0 Å². The van der Waals surface area contributed by atoms with Crippen molar-refractivity contribution in [3.8, 4) is 16.9 Å². The van der Waals surface area contributed by atoms with E-state index in [9.17, 15) is 4.79 Å². The van der Waals surface area contributed by atoms with Crippen LogP contribution in [0.3, 0.4) is 0 Å². The maximum absolute atomic E-state index is 11.9. The van der Waals surface area contributed by atoms with E-state index in [1.165, 1.54) is 23.7 Å². The molecule has 3 rings (SSSR count). The zero-order valence-electron chi connectivity index (χ0n) is 12.3. The highest BCUT2D eigenvalue weighted by Gasteiger charge is 2.04. The molecule has 1 amide bonds. The first kappa shape index (κ1) is 15.1. The number of thiophene rings is 1. The predicted molar refractivity (Wildman–Crippen MR) is 94.6 cm³/mol. The minimum absolute atomic E-state index is 0.220. The largest absolute Gasteiger partial charge is 0.465 e. The van der Waals surface area contributed by atoms with E-state index in [0.717, 1.165) is 16.1 Å². The molecular formula is C19H15NO2S. The molecule has 0 saturated carbocycles. The molecule has 114 valence electrons. The third-order valence-corrected chi connectivity index (χ3v) is 3.97. The number of amides is 1. The van der Waals surface area contributed by atoms with Crippen LogP contribution in [0.2, 0.25) is 0 Å².